The number of sulfone groups is 1. The lowest BCUT2D eigenvalue weighted by molar-refractivity contribution is 0.102. The predicted molar refractivity (Wildman–Crippen MR) is 139 cm³/mol. The van der Waals surface area contributed by atoms with Crippen LogP contribution in [0.2, 0.25) is 10.0 Å². The maximum atomic E-state index is 13.5. The second-order valence-corrected chi connectivity index (χ2v) is 11.9. The molecule has 0 spiro atoms. The molecule has 0 saturated carbocycles. The van der Waals surface area contributed by atoms with E-state index < -0.39 is 15.7 Å². The summed E-state index contributed by atoms with van der Waals surface area (Å²) in [4.78, 5) is 18.4. The number of benzene rings is 2. The number of hydrogen-bond donors (Lipinski definition) is 1. The molecule has 1 N–H and O–H groups in total. The van der Waals surface area contributed by atoms with E-state index in [0.29, 0.717) is 50.1 Å². The van der Waals surface area contributed by atoms with E-state index in [0.717, 1.165) is 11.1 Å². The largest absolute Gasteiger partial charge is 0.321 e. The summed E-state index contributed by atoms with van der Waals surface area (Å²) in [5, 5.41) is 8.85. The maximum absolute atomic E-state index is 13.5. The molecule has 1 fully saturated rings. The van der Waals surface area contributed by atoms with E-state index in [1.165, 1.54) is 0 Å². The molecule has 1 unspecified atom stereocenters. The van der Waals surface area contributed by atoms with Crippen LogP contribution in [-0.2, 0) is 9.84 Å². The fourth-order valence-corrected chi connectivity index (χ4v) is 6.40. The van der Waals surface area contributed by atoms with Crippen LogP contribution in [0.4, 0.5) is 5.69 Å². The Balaban J connectivity index is 1.69. The van der Waals surface area contributed by atoms with Crippen LogP contribution in [0.5, 0.6) is 0 Å². The Bertz CT molecular complexity index is 1580. The summed E-state index contributed by atoms with van der Waals surface area (Å²) in [5.74, 6) is -0.285. The number of aromatic nitrogens is 3. The molecule has 10 heteroatoms. The van der Waals surface area contributed by atoms with Gasteiger partial charge in [0.2, 0.25) is 0 Å². The van der Waals surface area contributed by atoms with Crippen molar-refractivity contribution in [1.82, 2.24) is 14.8 Å². The van der Waals surface area contributed by atoms with Crippen molar-refractivity contribution in [2.24, 2.45) is 0 Å². The van der Waals surface area contributed by atoms with Crippen LogP contribution < -0.4 is 5.32 Å². The number of pyridine rings is 1. The number of carbonyl (C=O) groups is 1. The third-order valence-electron chi connectivity index (χ3n) is 6.16. The molecule has 3 heterocycles. The molecule has 1 saturated heterocycles. The second kappa shape index (κ2) is 8.93. The van der Waals surface area contributed by atoms with E-state index in [2.05, 4.69) is 10.4 Å². The third-order valence-corrected chi connectivity index (χ3v) is 8.47. The first-order chi connectivity index (χ1) is 16.6. The van der Waals surface area contributed by atoms with Crippen LogP contribution in [0.25, 0.3) is 22.3 Å². The first-order valence-electron chi connectivity index (χ1n) is 11.0. The lowest BCUT2D eigenvalue weighted by atomic mass is 10.0. The number of fused-ring (bicyclic) bond motifs is 1. The molecule has 4 aromatic rings. The molecule has 180 valence electrons. The third kappa shape index (κ3) is 4.66. The van der Waals surface area contributed by atoms with Gasteiger partial charge in [-0.25, -0.2) is 18.1 Å². The van der Waals surface area contributed by atoms with Crippen molar-refractivity contribution in [3.63, 3.8) is 0 Å². The molecule has 0 radical (unpaired) electrons. The van der Waals surface area contributed by atoms with E-state index in [1.54, 1.807) is 35.9 Å². The van der Waals surface area contributed by atoms with Crippen LogP contribution in [0.1, 0.15) is 34.1 Å². The van der Waals surface area contributed by atoms with E-state index in [-0.39, 0.29) is 17.5 Å². The van der Waals surface area contributed by atoms with Gasteiger partial charge in [0.1, 0.15) is 0 Å². The number of rotatable bonds is 4. The first kappa shape index (κ1) is 23.8. The zero-order valence-electron chi connectivity index (χ0n) is 19.0. The predicted octanol–water partition coefficient (Wildman–Crippen LogP) is 5.63. The number of nitrogens with zero attached hydrogens (tertiary/aromatic N) is 3. The summed E-state index contributed by atoms with van der Waals surface area (Å²) in [6, 6.07) is 14.0. The smallest absolute Gasteiger partial charge is 0.256 e. The van der Waals surface area contributed by atoms with Gasteiger partial charge in [-0.05, 0) is 44.5 Å². The molecule has 1 aliphatic rings. The van der Waals surface area contributed by atoms with Crippen LogP contribution in [0.15, 0.2) is 48.5 Å². The fourth-order valence-electron chi connectivity index (χ4n) is 4.37. The second-order valence-electron chi connectivity index (χ2n) is 8.78. The summed E-state index contributed by atoms with van der Waals surface area (Å²) in [6.07, 6.45) is 0.453. The minimum atomic E-state index is -3.14. The van der Waals surface area contributed by atoms with Crippen LogP contribution in [0, 0.1) is 13.8 Å². The summed E-state index contributed by atoms with van der Waals surface area (Å²) in [6.45, 7) is 3.78. The van der Waals surface area contributed by atoms with Crippen molar-refractivity contribution < 1.29 is 13.2 Å². The Hall–Kier alpha value is -2.94. The lowest BCUT2D eigenvalue weighted by Gasteiger charge is -2.13. The molecule has 1 amide bonds. The molecule has 5 rings (SSSR count). The van der Waals surface area contributed by atoms with Gasteiger partial charge < -0.3 is 5.32 Å². The van der Waals surface area contributed by atoms with Crippen molar-refractivity contribution in [1.29, 1.82) is 0 Å². The standard InChI is InChI=1S/C25H22Cl2N4O3S/c1-14-3-5-16(6-4-14)21-12-19(25(32)29-22-11-17(26)7-8-20(22)27)23-15(2)30-31(24(23)28-21)18-9-10-35(33,34)13-18/h3-8,11-12,18H,9-10,13H2,1-2H3,(H,29,32). The molecule has 1 atom stereocenters. The Morgan fingerprint density at radius 2 is 1.83 bits per heavy atom. The fraction of sp³-hybridized carbons (Fsp3) is 0.240. The van der Waals surface area contributed by atoms with Crippen molar-refractivity contribution in [2.45, 2.75) is 26.3 Å². The number of nitrogens with one attached hydrogen (secondary N) is 1. The molecule has 0 bridgehead atoms. The number of amides is 1. The van der Waals surface area contributed by atoms with Gasteiger partial charge in [0.05, 0.1) is 50.6 Å². The van der Waals surface area contributed by atoms with Crippen molar-refractivity contribution in [3.8, 4) is 11.3 Å². The number of hydrogen-bond acceptors (Lipinski definition) is 5. The molecule has 35 heavy (non-hydrogen) atoms. The van der Waals surface area contributed by atoms with E-state index in [1.807, 2.05) is 31.2 Å². The number of carbonyl (C=O) groups excluding carboxylic acids is 1. The molecule has 7 nitrogen and oxygen atoms in total. The molecule has 2 aromatic heterocycles. The first-order valence-corrected chi connectivity index (χ1v) is 13.6. The minimum absolute atomic E-state index is 0.000683. The van der Waals surface area contributed by atoms with Gasteiger partial charge in [0, 0.05) is 10.6 Å². The maximum Gasteiger partial charge on any atom is 0.256 e. The zero-order valence-corrected chi connectivity index (χ0v) is 21.4. The number of halogens is 2. The average Bonchev–Trinajstić information content (AvgIpc) is 3.35. The van der Waals surface area contributed by atoms with Gasteiger partial charge in [0.25, 0.3) is 5.91 Å². The monoisotopic (exact) mass is 528 g/mol. The topological polar surface area (TPSA) is 94.0 Å². The minimum Gasteiger partial charge on any atom is -0.321 e. The Kier molecular flexibility index (Phi) is 6.07. The average molecular weight is 529 g/mol. The summed E-state index contributed by atoms with van der Waals surface area (Å²) >= 11 is 12.4. The number of aryl methyl sites for hydroxylation is 2. The van der Waals surface area contributed by atoms with E-state index >= 15 is 0 Å². The van der Waals surface area contributed by atoms with Gasteiger partial charge in [-0.2, -0.15) is 5.10 Å². The van der Waals surface area contributed by atoms with Gasteiger partial charge in [-0.3, -0.25) is 4.79 Å². The molecule has 0 aliphatic carbocycles. The summed E-state index contributed by atoms with van der Waals surface area (Å²) in [5.41, 5.74) is 4.34. The molecular weight excluding hydrogens is 507 g/mol. The van der Waals surface area contributed by atoms with Crippen molar-refractivity contribution >= 4 is 55.7 Å². The van der Waals surface area contributed by atoms with E-state index in [9.17, 15) is 13.2 Å². The van der Waals surface area contributed by atoms with Gasteiger partial charge in [-0.15, -0.1) is 0 Å². The van der Waals surface area contributed by atoms with Gasteiger partial charge in [-0.1, -0.05) is 53.0 Å². The zero-order chi connectivity index (χ0) is 24.9. The highest BCUT2D eigenvalue weighted by Gasteiger charge is 2.32. The summed E-state index contributed by atoms with van der Waals surface area (Å²) in [7, 11) is -3.14. The molecular formula is C25H22Cl2N4O3S. The Morgan fingerprint density at radius 3 is 2.51 bits per heavy atom. The quantitative estimate of drug-likeness (QED) is 0.370. The Labute approximate surface area is 213 Å². The summed E-state index contributed by atoms with van der Waals surface area (Å²) < 4.78 is 26.0. The highest BCUT2D eigenvalue weighted by molar-refractivity contribution is 7.91. The highest BCUT2D eigenvalue weighted by atomic mass is 35.5. The highest BCUT2D eigenvalue weighted by Crippen LogP contribution is 2.33. The van der Waals surface area contributed by atoms with Crippen LogP contribution in [0.3, 0.4) is 0 Å². The Morgan fingerprint density at radius 1 is 1.09 bits per heavy atom. The normalized spacial score (nSPS) is 17.1. The molecule has 1 aliphatic heterocycles. The van der Waals surface area contributed by atoms with Gasteiger partial charge >= 0.3 is 0 Å². The van der Waals surface area contributed by atoms with Gasteiger partial charge in [0.15, 0.2) is 15.5 Å². The van der Waals surface area contributed by atoms with Crippen molar-refractivity contribution in [3.05, 3.63) is 75.4 Å². The van der Waals surface area contributed by atoms with Crippen LogP contribution in [-0.4, -0.2) is 40.6 Å². The molecule has 2 aromatic carbocycles. The number of anilines is 1. The SMILES string of the molecule is Cc1ccc(-c2cc(C(=O)Nc3cc(Cl)ccc3Cl)c3c(C)nn(C4CCS(=O)(=O)C4)c3n2)cc1. The van der Waals surface area contributed by atoms with Crippen molar-refractivity contribution in [2.75, 3.05) is 16.8 Å². The van der Waals surface area contributed by atoms with E-state index in [4.69, 9.17) is 28.2 Å². The lowest BCUT2D eigenvalue weighted by Crippen LogP contribution is -2.15. The van der Waals surface area contributed by atoms with Crippen LogP contribution >= 0.6 is 23.2 Å².